The number of amides is 3. The molecule has 0 radical (unpaired) electrons. The minimum Gasteiger partial charge on any atom is -0.478 e. The minimum atomic E-state index is -1.21. The van der Waals surface area contributed by atoms with Gasteiger partial charge in [0.15, 0.2) is 0 Å². The first-order valence-electron chi connectivity index (χ1n) is 7.57. The zero-order chi connectivity index (χ0) is 21.8. The van der Waals surface area contributed by atoms with Crippen molar-refractivity contribution < 1.29 is 33.8 Å². The van der Waals surface area contributed by atoms with E-state index in [9.17, 15) is 29.1 Å². The van der Waals surface area contributed by atoms with Crippen LogP contribution in [0.25, 0.3) is 0 Å². The van der Waals surface area contributed by atoms with Crippen LogP contribution < -0.4 is 0 Å². The third kappa shape index (κ3) is 5.98. The fourth-order valence-electron chi connectivity index (χ4n) is 2.24. The van der Waals surface area contributed by atoms with Gasteiger partial charge in [-0.2, -0.15) is 5.01 Å². The van der Waals surface area contributed by atoms with Crippen molar-refractivity contribution in [2.45, 2.75) is 20.8 Å². The first-order valence-corrected chi connectivity index (χ1v) is 10.8. The van der Waals surface area contributed by atoms with Crippen LogP contribution in [-0.4, -0.2) is 57.9 Å². The highest BCUT2D eigenvalue weighted by atomic mass is 127. The lowest BCUT2D eigenvalue weighted by atomic mass is 10.1. The lowest BCUT2D eigenvalue weighted by Crippen LogP contribution is -2.53. The number of carboxylic acid groups (broad SMARTS) is 1. The van der Waals surface area contributed by atoms with E-state index >= 15 is 0 Å². The summed E-state index contributed by atoms with van der Waals surface area (Å²) in [6.07, 6.45) is 0. The molecule has 28 heavy (non-hydrogen) atoms. The van der Waals surface area contributed by atoms with Crippen LogP contribution in [0.2, 0.25) is 0 Å². The van der Waals surface area contributed by atoms with E-state index in [1.165, 1.54) is 13.0 Å². The molecule has 0 atom stereocenters. The van der Waals surface area contributed by atoms with E-state index in [2.05, 4.69) is 0 Å². The summed E-state index contributed by atoms with van der Waals surface area (Å²) in [7, 11) is 0. The van der Waals surface area contributed by atoms with Crippen LogP contribution in [0.1, 0.15) is 41.5 Å². The summed E-state index contributed by atoms with van der Waals surface area (Å²) in [4.78, 5) is 59.8. The molecule has 0 spiro atoms. The Kier molecular flexibility index (Phi) is 9.51. The van der Waals surface area contributed by atoms with Crippen molar-refractivity contribution in [2.75, 3.05) is 13.2 Å². The van der Waals surface area contributed by atoms with E-state index < -0.39 is 29.7 Å². The monoisotopic (exact) mass is 728 g/mol. The molecule has 0 saturated carbocycles. The number of carboxylic acids is 1. The van der Waals surface area contributed by atoms with Crippen molar-refractivity contribution in [1.82, 2.24) is 10.0 Å². The van der Waals surface area contributed by atoms with Crippen molar-refractivity contribution in [1.29, 1.82) is 0 Å². The van der Waals surface area contributed by atoms with Gasteiger partial charge in [0.1, 0.15) is 6.61 Å². The predicted octanol–water partition coefficient (Wildman–Crippen LogP) is 2.51. The molecule has 0 fully saturated rings. The number of imide groups is 1. The van der Waals surface area contributed by atoms with Gasteiger partial charge in [-0.1, -0.05) is 0 Å². The van der Waals surface area contributed by atoms with Crippen LogP contribution in [0, 0.1) is 10.7 Å². The third-order valence-electron chi connectivity index (χ3n) is 3.28. The molecule has 0 heterocycles. The molecule has 0 aliphatic heterocycles. The predicted molar refractivity (Wildman–Crippen MR) is 122 cm³/mol. The summed E-state index contributed by atoms with van der Waals surface area (Å²) in [5.41, 5.74) is -0.0172. The zero-order valence-corrected chi connectivity index (χ0v) is 21.4. The second-order valence-corrected chi connectivity index (χ2v) is 8.73. The molecule has 0 bridgehead atoms. The van der Waals surface area contributed by atoms with Gasteiger partial charge < -0.3 is 9.84 Å². The summed E-state index contributed by atoms with van der Waals surface area (Å²) in [6, 6.07) is 1.52. The highest BCUT2D eigenvalue weighted by molar-refractivity contribution is 14.1. The number of hydrogen-bond donors (Lipinski definition) is 1. The van der Waals surface area contributed by atoms with Gasteiger partial charge in [-0.25, -0.2) is 9.80 Å². The minimum absolute atomic E-state index is 0.0364. The molecule has 152 valence electrons. The Morgan fingerprint density at radius 3 is 1.89 bits per heavy atom. The second-order valence-electron chi connectivity index (χ2n) is 5.33. The molecule has 1 aromatic carbocycles. The molecular formula is C16H15I3N2O7. The highest BCUT2D eigenvalue weighted by Crippen LogP contribution is 2.29. The first kappa shape index (κ1) is 25.0. The number of ether oxygens (including phenoxy) is 1. The number of rotatable bonds is 5. The van der Waals surface area contributed by atoms with Crippen molar-refractivity contribution in [2.24, 2.45) is 0 Å². The number of hydrazine groups is 1. The van der Waals surface area contributed by atoms with Crippen molar-refractivity contribution >= 4 is 97.4 Å². The van der Waals surface area contributed by atoms with Crippen molar-refractivity contribution in [3.63, 3.8) is 0 Å². The molecule has 3 amide bonds. The standard InChI is InChI=1S/C16H15I3N2O7/c1-7(22)21(8(2)23)20(4-5-28-9(3)24)15(25)12-10(17)6-11(18)13(14(12)19)16(26)27/h6H,4-5H2,1-3H3,(H,26,27). The number of esters is 1. The van der Waals surface area contributed by atoms with Crippen LogP contribution in [0.5, 0.6) is 0 Å². The lowest BCUT2D eigenvalue weighted by Gasteiger charge is -2.32. The van der Waals surface area contributed by atoms with Crippen molar-refractivity contribution in [3.8, 4) is 0 Å². The molecule has 0 unspecified atom stereocenters. The normalized spacial score (nSPS) is 10.2. The topological polar surface area (TPSA) is 121 Å². The molecule has 0 aliphatic carbocycles. The van der Waals surface area contributed by atoms with Crippen LogP contribution >= 0.6 is 67.8 Å². The number of benzene rings is 1. The van der Waals surface area contributed by atoms with E-state index in [1.54, 1.807) is 22.6 Å². The molecule has 0 aromatic heterocycles. The van der Waals surface area contributed by atoms with Gasteiger partial charge in [0.05, 0.1) is 17.7 Å². The van der Waals surface area contributed by atoms with E-state index in [0.29, 0.717) is 12.1 Å². The van der Waals surface area contributed by atoms with Gasteiger partial charge in [0.25, 0.3) is 5.91 Å². The summed E-state index contributed by atoms with van der Waals surface area (Å²) in [6.45, 7) is 2.89. The Labute approximate surface area is 201 Å². The molecule has 12 heteroatoms. The van der Waals surface area contributed by atoms with Crippen LogP contribution in [0.15, 0.2) is 6.07 Å². The van der Waals surface area contributed by atoms with E-state index in [4.69, 9.17) is 4.74 Å². The maximum atomic E-state index is 13.2. The molecule has 1 N–H and O–H groups in total. The van der Waals surface area contributed by atoms with Crippen LogP contribution in [0.4, 0.5) is 0 Å². The Hall–Kier alpha value is -1.04. The summed E-state index contributed by atoms with van der Waals surface area (Å²) >= 11 is 5.49. The van der Waals surface area contributed by atoms with Gasteiger partial charge >= 0.3 is 11.9 Å². The lowest BCUT2D eigenvalue weighted by molar-refractivity contribution is -0.158. The maximum Gasteiger partial charge on any atom is 0.337 e. The summed E-state index contributed by atoms with van der Waals surface area (Å²) < 4.78 is 5.90. The van der Waals surface area contributed by atoms with Gasteiger partial charge in [0.2, 0.25) is 11.8 Å². The number of aromatic carboxylic acids is 1. The Morgan fingerprint density at radius 1 is 0.964 bits per heavy atom. The quantitative estimate of drug-likeness (QED) is 0.281. The van der Waals surface area contributed by atoms with Crippen molar-refractivity contribution in [3.05, 3.63) is 27.9 Å². The largest absolute Gasteiger partial charge is 0.478 e. The van der Waals surface area contributed by atoms with Crippen LogP contribution in [-0.2, 0) is 19.1 Å². The van der Waals surface area contributed by atoms with E-state index in [1.807, 2.05) is 45.2 Å². The first-order chi connectivity index (χ1) is 12.9. The number of carbonyl (C=O) groups excluding carboxylic acids is 4. The smallest absolute Gasteiger partial charge is 0.337 e. The molecular weight excluding hydrogens is 713 g/mol. The van der Waals surface area contributed by atoms with Gasteiger partial charge in [-0.3, -0.25) is 19.2 Å². The van der Waals surface area contributed by atoms with Gasteiger partial charge in [0, 0.05) is 31.5 Å². The van der Waals surface area contributed by atoms with E-state index in [-0.39, 0.29) is 27.8 Å². The van der Waals surface area contributed by atoms with Gasteiger partial charge in [-0.05, 0) is 73.8 Å². The summed E-state index contributed by atoms with van der Waals surface area (Å²) in [5.74, 6) is -3.97. The zero-order valence-electron chi connectivity index (χ0n) is 14.9. The Balaban J connectivity index is 3.53. The second kappa shape index (κ2) is 10.7. The average molecular weight is 728 g/mol. The number of carbonyl (C=O) groups is 5. The molecule has 0 saturated heterocycles. The number of halogens is 3. The highest BCUT2D eigenvalue weighted by Gasteiger charge is 2.32. The summed E-state index contributed by atoms with van der Waals surface area (Å²) in [5, 5.41) is 10.9. The van der Waals surface area contributed by atoms with Crippen LogP contribution in [0.3, 0.4) is 0 Å². The SMILES string of the molecule is CC(=O)OCCN(C(=O)c1c(I)cc(I)c(C(=O)O)c1I)N(C(C)=O)C(C)=O. The van der Waals surface area contributed by atoms with Gasteiger partial charge in [-0.15, -0.1) is 0 Å². The maximum absolute atomic E-state index is 13.2. The molecule has 1 aromatic rings. The number of nitrogens with zero attached hydrogens (tertiary/aromatic N) is 2. The average Bonchev–Trinajstić information content (AvgIpc) is 2.51. The fourth-order valence-corrected chi connectivity index (χ4v) is 6.54. The Morgan fingerprint density at radius 2 is 1.46 bits per heavy atom. The third-order valence-corrected chi connectivity index (χ3v) is 6.06. The Bertz CT molecular complexity index is 843. The molecule has 0 aliphatic rings. The molecule has 1 rings (SSSR count). The fraction of sp³-hybridized carbons (Fsp3) is 0.312. The number of hydrogen-bond acceptors (Lipinski definition) is 6. The van der Waals surface area contributed by atoms with E-state index in [0.717, 1.165) is 18.9 Å². The molecule has 9 nitrogen and oxygen atoms in total.